The molecule has 4 N–H and O–H groups in total. The first-order valence-corrected chi connectivity index (χ1v) is 21.6. The van der Waals surface area contributed by atoms with E-state index in [2.05, 4.69) is 41.6 Å². The zero-order valence-electron chi connectivity index (χ0n) is 34.4. The lowest BCUT2D eigenvalue weighted by Gasteiger charge is -2.47. The van der Waals surface area contributed by atoms with Crippen molar-refractivity contribution in [2.45, 2.75) is 114 Å². The molecule has 1 amide bonds. The molecule has 0 bridgehead atoms. The number of aromatic nitrogens is 1. The van der Waals surface area contributed by atoms with Crippen LogP contribution in [0.3, 0.4) is 0 Å². The molecule has 0 radical (unpaired) electrons. The van der Waals surface area contributed by atoms with Crippen molar-refractivity contribution in [3.8, 4) is 11.5 Å². The van der Waals surface area contributed by atoms with Gasteiger partial charge in [0, 0.05) is 41.0 Å². The summed E-state index contributed by atoms with van der Waals surface area (Å²) in [6, 6.07) is 20.0. The number of hydrogen-bond donors (Lipinski definition) is 4. The van der Waals surface area contributed by atoms with Crippen LogP contribution in [0.2, 0.25) is 5.02 Å². The third-order valence-corrected chi connectivity index (χ3v) is 13.3. The first-order valence-electron chi connectivity index (χ1n) is 21.3. The van der Waals surface area contributed by atoms with Gasteiger partial charge in [-0.15, -0.1) is 0 Å². The number of carbonyl (C=O) groups excluding carboxylic acids is 1. The Hall–Kier alpha value is -5.16. The van der Waals surface area contributed by atoms with Crippen LogP contribution in [-0.2, 0) is 39.1 Å². The number of aliphatic carboxylic acids is 2. The molecule has 1 heterocycles. The number of carboxylic acids is 2. The van der Waals surface area contributed by atoms with Gasteiger partial charge in [-0.3, -0.25) is 9.78 Å². The van der Waals surface area contributed by atoms with Crippen molar-refractivity contribution in [3.63, 3.8) is 0 Å². The molecule has 10 nitrogen and oxygen atoms in total. The fraction of sp³-hybridized carbons (Fsp3) is 0.458. The number of benzene rings is 3. The summed E-state index contributed by atoms with van der Waals surface area (Å²) >= 11 is 6.29. The number of fused-ring (bicyclic) bond motifs is 3. The predicted molar refractivity (Wildman–Crippen MR) is 228 cm³/mol. The summed E-state index contributed by atoms with van der Waals surface area (Å²) in [5.41, 5.74) is 4.26. The number of amides is 1. The van der Waals surface area contributed by atoms with Crippen LogP contribution in [-0.4, -0.2) is 57.8 Å². The van der Waals surface area contributed by atoms with Crippen molar-refractivity contribution in [1.29, 1.82) is 0 Å². The van der Waals surface area contributed by atoms with Gasteiger partial charge in [0.25, 0.3) is 0 Å². The molecule has 12 heteroatoms. The highest BCUT2D eigenvalue weighted by Gasteiger charge is 2.54. The number of carboxylic acid groups (broad SMARTS) is 2. The van der Waals surface area contributed by atoms with E-state index in [4.69, 9.17) is 21.1 Å². The molecule has 1 spiro atoms. The van der Waals surface area contributed by atoms with Gasteiger partial charge in [-0.25, -0.2) is 14.0 Å². The van der Waals surface area contributed by atoms with Gasteiger partial charge in [-0.2, -0.15) is 0 Å². The lowest BCUT2D eigenvalue weighted by atomic mass is 9.59. The zero-order valence-corrected chi connectivity index (χ0v) is 35.1. The fourth-order valence-electron chi connectivity index (χ4n) is 9.94. The van der Waals surface area contributed by atoms with Crippen LogP contribution < -0.4 is 20.1 Å². The molecular formula is C48H55ClFN3O7. The largest absolute Gasteiger partial charge is 0.494 e. The van der Waals surface area contributed by atoms with Crippen molar-refractivity contribution in [3.05, 3.63) is 118 Å². The van der Waals surface area contributed by atoms with Crippen molar-refractivity contribution < 1.29 is 38.5 Å². The van der Waals surface area contributed by atoms with Crippen molar-refractivity contribution >= 4 is 35.1 Å². The standard InChI is InChI=1S/C48H55ClFN3O7/c1-30(29-60-42-17-22-51-40-13-5-8-31(2)44(40)42)24-34-25-32-15-16-37(59-23-7-14-43(54)52-41(45(55)56)26-33-9-3-4-12-39(33)50)28-38(32)47(34)18-20-48(21-19-47,46(57)58)53-36-11-6-10-35(49)27-36/h3-4,6,9-12,15-17,22,27-28,30-31,34,41,53H,5,7-8,13-14,18-21,23-26,29H2,1-2H3,(H,52,54)(H,55,56)(H,57,58)/t30-,31-,34+,41-,47?,48?/m1/s1. The summed E-state index contributed by atoms with van der Waals surface area (Å²) in [6.45, 7) is 5.29. The van der Waals surface area contributed by atoms with E-state index in [-0.39, 0.29) is 42.3 Å². The average Bonchev–Trinajstić information content (AvgIpc) is 3.51. The second-order valence-electron chi connectivity index (χ2n) is 17.2. The second kappa shape index (κ2) is 18.6. The Morgan fingerprint density at radius 1 is 1.00 bits per heavy atom. The number of pyridine rings is 1. The number of ether oxygens (including phenoxy) is 2. The van der Waals surface area contributed by atoms with E-state index in [1.54, 1.807) is 18.2 Å². The van der Waals surface area contributed by atoms with E-state index in [1.165, 1.54) is 34.9 Å². The third kappa shape index (κ3) is 9.57. The lowest BCUT2D eigenvalue weighted by Crippen LogP contribution is -2.53. The second-order valence-corrected chi connectivity index (χ2v) is 17.7. The number of nitrogens with one attached hydrogen (secondary N) is 2. The predicted octanol–water partition coefficient (Wildman–Crippen LogP) is 9.31. The molecule has 4 aromatic rings. The molecule has 0 saturated heterocycles. The fourth-order valence-corrected chi connectivity index (χ4v) is 10.1. The van der Waals surface area contributed by atoms with Crippen LogP contribution in [0.1, 0.15) is 106 Å². The third-order valence-electron chi connectivity index (χ3n) is 13.1. The van der Waals surface area contributed by atoms with Crippen LogP contribution in [0.4, 0.5) is 10.1 Å². The summed E-state index contributed by atoms with van der Waals surface area (Å²) < 4.78 is 27.0. The molecule has 1 fully saturated rings. The van der Waals surface area contributed by atoms with Gasteiger partial charge >= 0.3 is 11.9 Å². The summed E-state index contributed by atoms with van der Waals surface area (Å²) in [4.78, 5) is 42.3. The Kier molecular flexibility index (Phi) is 13.3. The smallest absolute Gasteiger partial charge is 0.329 e. The highest BCUT2D eigenvalue weighted by Crippen LogP contribution is 2.57. The molecule has 3 aromatic carbocycles. The number of aryl methyl sites for hydroxylation is 1. The molecule has 318 valence electrons. The van der Waals surface area contributed by atoms with E-state index in [0.29, 0.717) is 61.1 Å². The monoisotopic (exact) mass is 839 g/mol. The number of anilines is 1. The van der Waals surface area contributed by atoms with E-state index in [9.17, 15) is 29.0 Å². The molecule has 3 aliphatic rings. The Balaban J connectivity index is 1.04. The maximum absolute atomic E-state index is 14.2. The number of carbonyl (C=O) groups is 3. The average molecular weight is 840 g/mol. The van der Waals surface area contributed by atoms with Gasteiger partial charge in [-0.05, 0) is 147 Å². The molecule has 7 rings (SSSR count). The quantitative estimate of drug-likeness (QED) is 0.0764. The minimum Gasteiger partial charge on any atom is -0.494 e. The van der Waals surface area contributed by atoms with Crippen LogP contribution in [0, 0.1) is 17.7 Å². The van der Waals surface area contributed by atoms with E-state index in [0.717, 1.165) is 43.5 Å². The Labute approximate surface area is 356 Å². The van der Waals surface area contributed by atoms with E-state index >= 15 is 0 Å². The van der Waals surface area contributed by atoms with Gasteiger partial charge in [0.15, 0.2) is 0 Å². The van der Waals surface area contributed by atoms with E-state index < -0.39 is 35.2 Å². The highest BCUT2D eigenvalue weighted by atomic mass is 35.5. The van der Waals surface area contributed by atoms with Crippen LogP contribution in [0.25, 0.3) is 0 Å². The molecule has 0 unspecified atom stereocenters. The number of hydrogen-bond acceptors (Lipinski definition) is 7. The van der Waals surface area contributed by atoms with Gasteiger partial charge < -0.3 is 30.3 Å². The van der Waals surface area contributed by atoms with Gasteiger partial charge in [0.2, 0.25) is 5.91 Å². The van der Waals surface area contributed by atoms with Gasteiger partial charge in [0.05, 0.1) is 13.2 Å². The van der Waals surface area contributed by atoms with Crippen LogP contribution >= 0.6 is 11.6 Å². The zero-order chi connectivity index (χ0) is 42.4. The number of rotatable bonds is 17. The Bertz CT molecular complexity index is 2190. The highest BCUT2D eigenvalue weighted by molar-refractivity contribution is 6.30. The molecule has 60 heavy (non-hydrogen) atoms. The van der Waals surface area contributed by atoms with Crippen molar-refractivity contribution in [2.75, 3.05) is 18.5 Å². The molecular weight excluding hydrogens is 785 g/mol. The van der Waals surface area contributed by atoms with Crippen LogP contribution in [0.15, 0.2) is 79.0 Å². The molecule has 0 aliphatic heterocycles. The minimum atomic E-state index is -1.26. The van der Waals surface area contributed by atoms with Gasteiger partial charge in [-0.1, -0.05) is 55.8 Å². The first kappa shape index (κ1) is 42.9. The molecule has 4 atom stereocenters. The summed E-state index contributed by atoms with van der Waals surface area (Å²) in [7, 11) is 0. The minimum absolute atomic E-state index is 0.0378. The summed E-state index contributed by atoms with van der Waals surface area (Å²) in [6.07, 6.45) is 9.25. The molecule has 3 aliphatic carbocycles. The van der Waals surface area contributed by atoms with Gasteiger partial charge in [0.1, 0.15) is 28.9 Å². The molecule has 1 aromatic heterocycles. The summed E-state index contributed by atoms with van der Waals surface area (Å²) in [5, 5.41) is 26.8. The topological polar surface area (TPSA) is 147 Å². The Morgan fingerprint density at radius 3 is 2.55 bits per heavy atom. The maximum atomic E-state index is 14.2. The van der Waals surface area contributed by atoms with E-state index in [1.807, 2.05) is 30.5 Å². The maximum Gasteiger partial charge on any atom is 0.329 e. The normalized spacial score (nSPS) is 22.9. The first-order chi connectivity index (χ1) is 28.9. The number of halogens is 2. The van der Waals surface area contributed by atoms with Crippen LogP contribution in [0.5, 0.6) is 11.5 Å². The SMILES string of the molecule is C[C@@H](COc1ccnc2c1[C@H](C)CCC2)C[C@H]1Cc2ccc(OCCCC(=O)N[C@H](Cc3ccccc3F)C(=O)O)cc2C12CCC(Nc1cccc(Cl)c1)(C(=O)O)CC2. The summed E-state index contributed by atoms with van der Waals surface area (Å²) in [5.74, 6) is -0.603. The number of nitrogens with zero attached hydrogens (tertiary/aromatic N) is 1. The van der Waals surface area contributed by atoms with Crippen molar-refractivity contribution in [2.24, 2.45) is 11.8 Å². The van der Waals surface area contributed by atoms with Crippen molar-refractivity contribution in [1.82, 2.24) is 10.3 Å². The molecule has 1 saturated carbocycles. The Morgan fingerprint density at radius 2 is 1.80 bits per heavy atom. The lowest BCUT2D eigenvalue weighted by molar-refractivity contribution is -0.144.